The SMILES string of the molecule is C=CC#CC(C)(C)OCCC#N. The standard InChI is InChI=1S/C10H13NO/c1-4-5-7-10(2,3)12-9-6-8-11/h4H,1,6,9H2,2-3H3. The number of hydrogen-bond donors (Lipinski definition) is 0. The second kappa shape index (κ2) is 5.41. The topological polar surface area (TPSA) is 33.0 Å². The molecular weight excluding hydrogens is 150 g/mol. The average molecular weight is 163 g/mol. The second-order valence-corrected chi connectivity index (χ2v) is 2.74. The average Bonchev–Trinajstić information content (AvgIpc) is 2.01. The summed E-state index contributed by atoms with van der Waals surface area (Å²) in [6.45, 7) is 7.63. The van der Waals surface area contributed by atoms with Gasteiger partial charge >= 0.3 is 0 Å². The first-order valence-corrected chi connectivity index (χ1v) is 3.77. The van der Waals surface area contributed by atoms with Gasteiger partial charge in [-0.25, -0.2) is 0 Å². The number of hydrogen-bond acceptors (Lipinski definition) is 2. The highest BCUT2D eigenvalue weighted by Gasteiger charge is 2.13. The minimum Gasteiger partial charge on any atom is -0.362 e. The maximum absolute atomic E-state index is 8.26. The molecule has 0 aliphatic heterocycles. The van der Waals surface area contributed by atoms with Gasteiger partial charge in [0.1, 0.15) is 5.60 Å². The first-order chi connectivity index (χ1) is 5.62. The number of nitrogens with zero attached hydrogens (tertiary/aromatic N) is 1. The lowest BCUT2D eigenvalue weighted by Crippen LogP contribution is -2.22. The Hall–Kier alpha value is -1.25. The number of ether oxygens (including phenoxy) is 1. The van der Waals surface area contributed by atoms with Gasteiger partial charge in [-0.1, -0.05) is 18.4 Å². The fraction of sp³-hybridized carbons (Fsp3) is 0.500. The van der Waals surface area contributed by atoms with Crippen molar-refractivity contribution >= 4 is 0 Å². The molecule has 0 aliphatic rings. The summed E-state index contributed by atoms with van der Waals surface area (Å²) >= 11 is 0. The molecule has 0 aromatic carbocycles. The van der Waals surface area contributed by atoms with Gasteiger partial charge in [-0.05, 0) is 19.9 Å². The highest BCUT2D eigenvalue weighted by Crippen LogP contribution is 2.07. The van der Waals surface area contributed by atoms with Gasteiger partial charge in [0.25, 0.3) is 0 Å². The third-order valence-corrected chi connectivity index (χ3v) is 1.15. The van der Waals surface area contributed by atoms with Gasteiger partial charge in [-0.2, -0.15) is 5.26 Å². The van der Waals surface area contributed by atoms with E-state index in [1.165, 1.54) is 6.08 Å². The fourth-order valence-corrected chi connectivity index (χ4v) is 0.613. The first kappa shape index (κ1) is 10.8. The minimum absolute atomic E-state index is 0.402. The van der Waals surface area contributed by atoms with Crippen molar-refractivity contribution in [3.63, 3.8) is 0 Å². The Balaban J connectivity index is 3.88. The molecule has 0 rings (SSSR count). The molecule has 0 saturated carbocycles. The Morgan fingerprint density at radius 2 is 2.25 bits per heavy atom. The second-order valence-electron chi connectivity index (χ2n) is 2.74. The smallest absolute Gasteiger partial charge is 0.123 e. The monoisotopic (exact) mass is 163 g/mol. The molecule has 0 aliphatic carbocycles. The van der Waals surface area contributed by atoms with Crippen LogP contribution in [0.4, 0.5) is 0 Å². The number of rotatable bonds is 3. The van der Waals surface area contributed by atoms with E-state index in [0.29, 0.717) is 13.0 Å². The molecule has 2 nitrogen and oxygen atoms in total. The molecule has 0 radical (unpaired) electrons. The van der Waals surface area contributed by atoms with Crippen LogP contribution in [0.5, 0.6) is 0 Å². The maximum atomic E-state index is 8.26. The molecule has 64 valence electrons. The van der Waals surface area contributed by atoms with Crippen LogP contribution in [-0.4, -0.2) is 12.2 Å². The molecule has 0 amide bonds. The van der Waals surface area contributed by atoms with E-state index >= 15 is 0 Å². The fourth-order valence-electron chi connectivity index (χ4n) is 0.613. The van der Waals surface area contributed by atoms with Crippen LogP contribution in [0.3, 0.4) is 0 Å². The Bertz CT molecular complexity index is 237. The van der Waals surface area contributed by atoms with Crippen LogP contribution in [-0.2, 0) is 4.74 Å². The third kappa shape index (κ3) is 5.53. The molecule has 0 aromatic rings. The van der Waals surface area contributed by atoms with Crippen molar-refractivity contribution in [1.29, 1.82) is 5.26 Å². The molecule has 12 heavy (non-hydrogen) atoms. The molecule has 0 aromatic heterocycles. The van der Waals surface area contributed by atoms with Crippen molar-refractivity contribution < 1.29 is 4.74 Å². The van der Waals surface area contributed by atoms with Crippen LogP contribution in [0.1, 0.15) is 20.3 Å². The van der Waals surface area contributed by atoms with Crippen molar-refractivity contribution in [2.75, 3.05) is 6.61 Å². The Morgan fingerprint density at radius 3 is 2.75 bits per heavy atom. The highest BCUT2D eigenvalue weighted by atomic mass is 16.5. The third-order valence-electron chi connectivity index (χ3n) is 1.15. The Morgan fingerprint density at radius 1 is 1.58 bits per heavy atom. The van der Waals surface area contributed by atoms with E-state index in [0.717, 1.165) is 0 Å². The number of nitriles is 1. The minimum atomic E-state index is -0.481. The van der Waals surface area contributed by atoms with Crippen LogP contribution >= 0.6 is 0 Å². The summed E-state index contributed by atoms with van der Waals surface area (Å²) in [5.74, 6) is 5.59. The largest absolute Gasteiger partial charge is 0.362 e. The lowest BCUT2D eigenvalue weighted by Gasteiger charge is -2.17. The lowest BCUT2D eigenvalue weighted by molar-refractivity contribution is 0.0307. The highest BCUT2D eigenvalue weighted by molar-refractivity contribution is 5.19. The summed E-state index contributed by atoms with van der Waals surface area (Å²) in [6.07, 6.45) is 1.93. The molecular formula is C10H13NO. The zero-order valence-corrected chi connectivity index (χ0v) is 7.55. The van der Waals surface area contributed by atoms with Gasteiger partial charge in [0, 0.05) is 0 Å². The summed E-state index contributed by atoms with van der Waals surface area (Å²) in [7, 11) is 0. The molecule has 0 unspecified atom stereocenters. The van der Waals surface area contributed by atoms with E-state index in [4.69, 9.17) is 10.00 Å². The maximum Gasteiger partial charge on any atom is 0.123 e. The van der Waals surface area contributed by atoms with Crippen LogP contribution in [0.25, 0.3) is 0 Å². The van der Waals surface area contributed by atoms with E-state index in [2.05, 4.69) is 18.4 Å². The van der Waals surface area contributed by atoms with Crippen molar-refractivity contribution in [2.24, 2.45) is 0 Å². The zero-order chi connectivity index (χ0) is 9.45. The van der Waals surface area contributed by atoms with Gasteiger partial charge in [0.15, 0.2) is 0 Å². The van der Waals surface area contributed by atoms with Gasteiger partial charge in [0.2, 0.25) is 0 Å². The number of allylic oxidation sites excluding steroid dienone is 1. The van der Waals surface area contributed by atoms with Gasteiger partial charge in [-0.3, -0.25) is 0 Å². The van der Waals surface area contributed by atoms with E-state index in [1.54, 1.807) is 0 Å². The summed E-state index contributed by atoms with van der Waals surface area (Å²) in [5.41, 5.74) is -0.481. The van der Waals surface area contributed by atoms with Crippen molar-refractivity contribution in [2.45, 2.75) is 25.9 Å². The Kier molecular flexibility index (Phi) is 4.84. The summed E-state index contributed by atoms with van der Waals surface area (Å²) in [6, 6.07) is 2.00. The normalized spacial score (nSPS) is 9.42. The van der Waals surface area contributed by atoms with Crippen molar-refractivity contribution in [3.05, 3.63) is 12.7 Å². The van der Waals surface area contributed by atoms with E-state index < -0.39 is 5.60 Å². The lowest BCUT2D eigenvalue weighted by atomic mass is 10.1. The molecule has 2 heteroatoms. The van der Waals surface area contributed by atoms with E-state index in [1.807, 2.05) is 19.9 Å². The Labute approximate surface area is 73.8 Å². The van der Waals surface area contributed by atoms with E-state index in [-0.39, 0.29) is 0 Å². The molecule has 0 fully saturated rings. The molecule has 0 saturated heterocycles. The van der Waals surface area contributed by atoms with Crippen LogP contribution in [0, 0.1) is 23.2 Å². The molecule has 0 heterocycles. The van der Waals surface area contributed by atoms with Gasteiger partial charge in [-0.15, -0.1) is 0 Å². The molecule has 0 bridgehead atoms. The summed E-state index contributed by atoms with van der Waals surface area (Å²) in [4.78, 5) is 0. The summed E-state index contributed by atoms with van der Waals surface area (Å²) < 4.78 is 5.33. The van der Waals surface area contributed by atoms with Gasteiger partial charge in [0.05, 0.1) is 19.1 Å². The first-order valence-electron chi connectivity index (χ1n) is 3.77. The van der Waals surface area contributed by atoms with Crippen LogP contribution < -0.4 is 0 Å². The van der Waals surface area contributed by atoms with Crippen molar-refractivity contribution in [1.82, 2.24) is 0 Å². The van der Waals surface area contributed by atoms with Crippen LogP contribution in [0.15, 0.2) is 12.7 Å². The zero-order valence-electron chi connectivity index (χ0n) is 7.55. The molecule has 0 spiro atoms. The summed E-state index contributed by atoms with van der Waals surface area (Å²) in [5, 5.41) is 8.26. The van der Waals surface area contributed by atoms with Gasteiger partial charge < -0.3 is 4.74 Å². The molecule has 0 atom stereocenters. The predicted molar refractivity (Wildman–Crippen MR) is 48.2 cm³/mol. The van der Waals surface area contributed by atoms with E-state index in [9.17, 15) is 0 Å². The van der Waals surface area contributed by atoms with Crippen molar-refractivity contribution in [3.8, 4) is 17.9 Å². The van der Waals surface area contributed by atoms with Crippen LogP contribution in [0.2, 0.25) is 0 Å². The predicted octanol–water partition coefficient (Wildman–Crippen LogP) is 1.88. The quantitative estimate of drug-likeness (QED) is 0.470. The molecule has 0 N–H and O–H groups in total.